The normalized spacial score (nSPS) is 25.4. The Morgan fingerprint density at radius 1 is 1.05 bits per heavy atom. The molecule has 0 radical (unpaired) electrons. The number of amides is 4. The number of hydrogen-bond acceptors (Lipinski definition) is 7. The first-order chi connectivity index (χ1) is 18.0. The Labute approximate surface area is 222 Å². The number of ether oxygens (including phenoxy) is 2. The van der Waals surface area contributed by atoms with Crippen LogP contribution >= 0.6 is 0 Å². The molecule has 5 aliphatic heterocycles. The minimum atomic E-state index is -0.612. The first-order valence-electron chi connectivity index (χ1n) is 13.7. The summed E-state index contributed by atoms with van der Waals surface area (Å²) >= 11 is 0. The molecule has 3 fully saturated rings. The predicted octanol–water partition coefficient (Wildman–Crippen LogP) is 2.23. The van der Waals surface area contributed by atoms with Crippen LogP contribution in [0, 0.1) is 0 Å². The number of aryl methyl sites for hydroxylation is 1. The van der Waals surface area contributed by atoms with E-state index in [1.165, 1.54) is 0 Å². The van der Waals surface area contributed by atoms with Crippen LogP contribution in [0.5, 0.6) is 5.75 Å². The lowest BCUT2D eigenvalue weighted by molar-refractivity contribution is -0.136. The highest BCUT2D eigenvalue weighted by atomic mass is 16.6. The zero-order valence-electron chi connectivity index (χ0n) is 22.4. The first-order valence-corrected chi connectivity index (χ1v) is 13.7. The summed E-state index contributed by atoms with van der Waals surface area (Å²) < 4.78 is 12.1. The summed E-state index contributed by atoms with van der Waals surface area (Å²) in [5.74, 6) is 0.0241. The molecule has 0 bridgehead atoms. The van der Waals surface area contributed by atoms with Gasteiger partial charge in [0.2, 0.25) is 11.8 Å². The van der Waals surface area contributed by atoms with E-state index in [1.54, 1.807) is 9.80 Å². The number of rotatable bonds is 2. The maximum atomic E-state index is 13.2. The van der Waals surface area contributed by atoms with Crippen molar-refractivity contribution < 1.29 is 28.7 Å². The second kappa shape index (κ2) is 8.97. The van der Waals surface area contributed by atoms with Crippen LogP contribution in [0.3, 0.4) is 0 Å². The molecule has 10 nitrogen and oxygen atoms in total. The highest BCUT2D eigenvalue weighted by Crippen LogP contribution is 2.43. The van der Waals surface area contributed by atoms with Crippen molar-refractivity contribution in [1.29, 1.82) is 0 Å². The summed E-state index contributed by atoms with van der Waals surface area (Å²) in [6.45, 7) is 9.27. The molecule has 0 aliphatic carbocycles. The van der Waals surface area contributed by atoms with Gasteiger partial charge in [-0.3, -0.25) is 24.6 Å². The van der Waals surface area contributed by atoms with Crippen molar-refractivity contribution in [3.05, 3.63) is 28.8 Å². The number of piperidine rings is 2. The molecule has 3 saturated heterocycles. The molecule has 5 aliphatic rings. The number of likely N-dealkylation sites (tertiary alicyclic amines) is 2. The fourth-order valence-electron chi connectivity index (χ4n) is 6.39. The van der Waals surface area contributed by atoms with Gasteiger partial charge in [0.15, 0.2) is 0 Å². The average molecular weight is 525 g/mol. The number of carbonyl (C=O) groups excluding carboxylic acids is 4. The lowest BCUT2D eigenvalue weighted by Gasteiger charge is -2.50. The topological polar surface area (TPSA) is 108 Å². The third-order valence-electron chi connectivity index (χ3n) is 8.62. The minimum absolute atomic E-state index is 0.146. The van der Waals surface area contributed by atoms with E-state index in [0.717, 1.165) is 55.6 Å². The third kappa shape index (κ3) is 4.52. The summed E-state index contributed by atoms with van der Waals surface area (Å²) in [5.41, 5.74) is 1.87. The number of hydrogen-bond donors (Lipinski definition) is 1. The van der Waals surface area contributed by atoms with Crippen molar-refractivity contribution >= 4 is 23.8 Å². The molecule has 1 spiro atoms. The molecule has 38 heavy (non-hydrogen) atoms. The highest BCUT2D eigenvalue weighted by Gasteiger charge is 2.45. The zero-order chi connectivity index (χ0) is 26.8. The number of nitrogens with one attached hydrogen (secondary N) is 1. The average Bonchev–Trinajstić information content (AvgIpc) is 3.12. The maximum Gasteiger partial charge on any atom is 0.410 e. The number of fused-ring (bicyclic) bond motifs is 2. The molecule has 4 amide bonds. The second-order valence-corrected chi connectivity index (χ2v) is 12.4. The van der Waals surface area contributed by atoms with Crippen molar-refractivity contribution in [3.63, 3.8) is 0 Å². The van der Waals surface area contributed by atoms with E-state index in [2.05, 4.69) is 10.2 Å². The second-order valence-electron chi connectivity index (χ2n) is 12.4. The van der Waals surface area contributed by atoms with Gasteiger partial charge in [-0.05, 0) is 76.1 Å². The van der Waals surface area contributed by atoms with Crippen LogP contribution in [0.15, 0.2) is 12.1 Å². The molecule has 0 saturated carbocycles. The van der Waals surface area contributed by atoms with Crippen molar-refractivity contribution in [1.82, 2.24) is 20.0 Å². The number of benzene rings is 1. The molecule has 1 atom stereocenters. The van der Waals surface area contributed by atoms with Gasteiger partial charge in [-0.2, -0.15) is 0 Å². The summed E-state index contributed by atoms with van der Waals surface area (Å²) in [6.07, 6.45) is 3.97. The van der Waals surface area contributed by atoms with Gasteiger partial charge < -0.3 is 19.3 Å². The molecule has 10 heteroatoms. The molecular weight excluding hydrogens is 488 g/mol. The van der Waals surface area contributed by atoms with E-state index in [4.69, 9.17) is 9.47 Å². The molecule has 6 rings (SSSR count). The standard InChI is InChI=1S/C28H36N4O6/c1-27(2,3)38-26(36)31-15-19(16-31)30-10-8-28(9-11-30)7-6-17-12-20-18(13-22(17)37-28)14-32(25(20)35)21-4-5-23(33)29-24(21)34/h12-13,19,21H,4-11,14-16H2,1-3H3,(H,29,33,34). The molecule has 1 unspecified atom stereocenters. The molecule has 1 N–H and O–H groups in total. The third-order valence-corrected chi connectivity index (χ3v) is 8.62. The van der Waals surface area contributed by atoms with E-state index >= 15 is 0 Å². The van der Waals surface area contributed by atoms with Crippen molar-refractivity contribution in [2.24, 2.45) is 0 Å². The Morgan fingerprint density at radius 3 is 2.47 bits per heavy atom. The summed E-state index contributed by atoms with van der Waals surface area (Å²) in [5, 5.41) is 2.36. The lowest BCUT2D eigenvalue weighted by Crippen LogP contribution is -2.64. The Balaban J connectivity index is 1.07. The van der Waals surface area contributed by atoms with Crippen LogP contribution < -0.4 is 10.1 Å². The van der Waals surface area contributed by atoms with Gasteiger partial charge in [-0.1, -0.05) is 0 Å². The number of nitrogens with zero attached hydrogens (tertiary/aromatic N) is 3. The van der Waals surface area contributed by atoms with Crippen LogP contribution in [0.4, 0.5) is 4.79 Å². The number of carbonyl (C=O) groups is 4. The van der Waals surface area contributed by atoms with Crippen molar-refractivity contribution in [3.8, 4) is 5.75 Å². The Hall–Kier alpha value is -3.14. The molecular formula is C28H36N4O6. The van der Waals surface area contributed by atoms with E-state index in [0.29, 0.717) is 37.7 Å². The molecule has 0 aromatic heterocycles. The van der Waals surface area contributed by atoms with Crippen LogP contribution in [0.2, 0.25) is 0 Å². The maximum absolute atomic E-state index is 13.2. The Bertz CT molecular complexity index is 1190. The van der Waals surface area contributed by atoms with Crippen molar-refractivity contribution in [2.75, 3.05) is 26.2 Å². The quantitative estimate of drug-likeness (QED) is 0.591. The molecule has 1 aromatic rings. The first kappa shape index (κ1) is 25.2. The van der Waals surface area contributed by atoms with Gasteiger partial charge in [-0.15, -0.1) is 0 Å². The van der Waals surface area contributed by atoms with Crippen LogP contribution in [-0.2, 0) is 27.3 Å². The smallest absolute Gasteiger partial charge is 0.410 e. The monoisotopic (exact) mass is 524 g/mol. The van der Waals surface area contributed by atoms with Crippen molar-refractivity contribution in [2.45, 2.75) is 89.1 Å². The molecule has 5 heterocycles. The van der Waals surface area contributed by atoms with E-state index in [9.17, 15) is 19.2 Å². The summed E-state index contributed by atoms with van der Waals surface area (Å²) in [6, 6.07) is 3.69. The van der Waals surface area contributed by atoms with Gasteiger partial charge in [0.1, 0.15) is 23.0 Å². The fourth-order valence-corrected chi connectivity index (χ4v) is 6.39. The summed E-state index contributed by atoms with van der Waals surface area (Å²) in [7, 11) is 0. The predicted molar refractivity (Wildman–Crippen MR) is 137 cm³/mol. The van der Waals surface area contributed by atoms with Gasteiger partial charge in [0.05, 0.1) is 0 Å². The fraction of sp³-hybridized carbons (Fsp3) is 0.643. The van der Waals surface area contributed by atoms with Crippen LogP contribution in [0.1, 0.15) is 74.4 Å². The largest absolute Gasteiger partial charge is 0.487 e. The van der Waals surface area contributed by atoms with Gasteiger partial charge in [0.25, 0.3) is 5.91 Å². The highest BCUT2D eigenvalue weighted by molar-refractivity contribution is 6.05. The minimum Gasteiger partial charge on any atom is -0.487 e. The lowest BCUT2D eigenvalue weighted by atomic mass is 9.82. The zero-order valence-corrected chi connectivity index (χ0v) is 22.4. The van der Waals surface area contributed by atoms with Crippen LogP contribution in [-0.4, -0.2) is 88.0 Å². The van der Waals surface area contributed by atoms with Gasteiger partial charge in [0, 0.05) is 50.7 Å². The Kier molecular flexibility index (Phi) is 5.93. The van der Waals surface area contributed by atoms with Crippen LogP contribution in [0.25, 0.3) is 0 Å². The van der Waals surface area contributed by atoms with Gasteiger partial charge in [-0.25, -0.2) is 4.79 Å². The van der Waals surface area contributed by atoms with Gasteiger partial charge >= 0.3 is 6.09 Å². The van der Waals surface area contributed by atoms with E-state index in [1.807, 2.05) is 32.9 Å². The van der Waals surface area contributed by atoms with E-state index < -0.39 is 17.6 Å². The molecule has 1 aromatic carbocycles. The Morgan fingerprint density at radius 2 is 1.79 bits per heavy atom. The molecule has 204 valence electrons. The van der Waals surface area contributed by atoms with E-state index in [-0.39, 0.29) is 29.9 Å². The SMILES string of the molecule is CC(C)(C)OC(=O)N1CC(N2CCC3(CCc4cc5c(cc4O3)CN(C3CCC(=O)NC3=O)C5=O)CC2)C1. The summed E-state index contributed by atoms with van der Waals surface area (Å²) in [4.78, 5) is 55.2. The number of imide groups is 1.